The molecule has 3 N–H and O–H groups in total. The third-order valence-corrected chi connectivity index (χ3v) is 3.86. The number of nitrogens with zero attached hydrogens (tertiary/aromatic N) is 3. The summed E-state index contributed by atoms with van der Waals surface area (Å²) in [5, 5.41) is 13.7. The monoisotopic (exact) mass is 295 g/mol. The Morgan fingerprint density at radius 2 is 2.35 bits per heavy atom. The van der Waals surface area contributed by atoms with Crippen molar-refractivity contribution in [2.45, 2.75) is 12.8 Å². The fourth-order valence-corrected chi connectivity index (χ4v) is 2.78. The molecule has 108 valence electrons. The zero-order valence-corrected chi connectivity index (χ0v) is 11.8. The van der Waals surface area contributed by atoms with Crippen molar-refractivity contribution in [2.75, 3.05) is 24.5 Å². The first-order valence-corrected chi connectivity index (χ1v) is 7.91. The van der Waals surface area contributed by atoms with Gasteiger partial charge >= 0.3 is 0 Å². The maximum atomic E-state index is 10.9. The van der Waals surface area contributed by atoms with E-state index in [1.54, 1.807) is 12.3 Å². The Kier molecular flexibility index (Phi) is 4.54. The first-order valence-electron chi connectivity index (χ1n) is 6.36. The van der Waals surface area contributed by atoms with E-state index in [1.807, 2.05) is 12.1 Å². The zero-order chi connectivity index (χ0) is 14.6. The highest BCUT2D eigenvalue weighted by Crippen LogP contribution is 2.21. The molecule has 0 bridgehead atoms. The molecule has 0 amide bonds. The fraction of sp³-hybridized carbons (Fsp3) is 0.500. The van der Waals surface area contributed by atoms with Crippen LogP contribution in [0.2, 0.25) is 0 Å². The molecule has 1 fully saturated rings. The highest BCUT2D eigenvalue weighted by molar-refractivity contribution is 7.87. The van der Waals surface area contributed by atoms with Crippen molar-refractivity contribution in [2.24, 2.45) is 11.1 Å². The SMILES string of the molecule is N#Cc1ccc(N2CCC[C@@H](CNS(N)(=O)=O)C2)nc1. The summed E-state index contributed by atoms with van der Waals surface area (Å²) < 4.78 is 24.2. The Hall–Kier alpha value is -1.69. The second-order valence-corrected chi connectivity index (χ2v) is 6.24. The normalized spacial score (nSPS) is 19.6. The maximum absolute atomic E-state index is 10.9. The van der Waals surface area contributed by atoms with Gasteiger partial charge in [0.25, 0.3) is 10.2 Å². The molecule has 0 unspecified atom stereocenters. The number of anilines is 1. The van der Waals surface area contributed by atoms with Crippen molar-refractivity contribution in [3.63, 3.8) is 0 Å². The van der Waals surface area contributed by atoms with Gasteiger partial charge in [-0.15, -0.1) is 0 Å². The van der Waals surface area contributed by atoms with Crippen LogP contribution in [0.3, 0.4) is 0 Å². The maximum Gasteiger partial charge on any atom is 0.274 e. The summed E-state index contributed by atoms with van der Waals surface area (Å²) >= 11 is 0. The smallest absolute Gasteiger partial charge is 0.274 e. The Bertz CT molecular complexity index is 593. The van der Waals surface area contributed by atoms with E-state index in [-0.39, 0.29) is 5.92 Å². The van der Waals surface area contributed by atoms with Gasteiger partial charge in [-0.1, -0.05) is 0 Å². The first kappa shape index (κ1) is 14.7. The largest absolute Gasteiger partial charge is 0.356 e. The van der Waals surface area contributed by atoms with Crippen LogP contribution in [0.25, 0.3) is 0 Å². The number of rotatable bonds is 4. The van der Waals surface area contributed by atoms with Gasteiger partial charge in [0.05, 0.1) is 5.56 Å². The van der Waals surface area contributed by atoms with Gasteiger partial charge < -0.3 is 4.90 Å². The molecule has 1 atom stereocenters. The number of piperidine rings is 1. The number of hydrogen-bond donors (Lipinski definition) is 2. The Morgan fingerprint density at radius 1 is 1.55 bits per heavy atom. The summed E-state index contributed by atoms with van der Waals surface area (Å²) in [5.74, 6) is 1.02. The molecular weight excluding hydrogens is 278 g/mol. The van der Waals surface area contributed by atoms with E-state index in [0.29, 0.717) is 12.1 Å². The van der Waals surface area contributed by atoms with Crippen LogP contribution < -0.4 is 14.8 Å². The Balaban J connectivity index is 1.97. The molecule has 2 heterocycles. The summed E-state index contributed by atoms with van der Waals surface area (Å²) in [7, 11) is -3.63. The van der Waals surface area contributed by atoms with E-state index >= 15 is 0 Å². The molecule has 0 spiro atoms. The molecule has 1 aliphatic rings. The van der Waals surface area contributed by atoms with Gasteiger partial charge in [-0.3, -0.25) is 0 Å². The van der Waals surface area contributed by atoms with Crippen LogP contribution in [0.15, 0.2) is 18.3 Å². The summed E-state index contributed by atoms with van der Waals surface area (Å²) in [6.07, 6.45) is 3.47. The van der Waals surface area contributed by atoms with Crippen molar-refractivity contribution in [1.82, 2.24) is 9.71 Å². The predicted molar refractivity (Wildman–Crippen MR) is 75.0 cm³/mol. The van der Waals surface area contributed by atoms with E-state index in [4.69, 9.17) is 10.4 Å². The molecule has 1 aromatic rings. The van der Waals surface area contributed by atoms with Crippen LogP contribution in [-0.2, 0) is 10.2 Å². The molecule has 7 nitrogen and oxygen atoms in total. The highest BCUT2D eigenvalue weighted by atomic mass is 32.2. The lowest BCUT2D eigenvalue weighted by Gasteiger charge is -2.33. The van der Waals surface area contributed by atoms with Crippen LogP contribution in [0.4, 0.5) is 5.82 Å². The lowest BCUT2D eigenvalue weighted by molar-refractivity contribution is 0.409. The molecule has 2 rings (SSSR count). The standard InChI is InChI=1S/C12H17N5O2S/c13-6-10-3-4-12(15-7-10)17-5-1-2-11(9-17)8-16-20(14,18)19/h3-4,7,11,16H,1-2,5,8-9H2,(H2,14,18,19)/t11-/m0/s1. The van der Waals surface area contributed by atoms with Crippen molar-refractivity contribution in [1.29, 1.82) is 5.26 Å². The van der Waals surface area contributed by atoms with Gasteiger partial charge in [0.15, 0.2) is 0 Å². The number of nitriles is 1. The number of aromatic nitrogens is 1. The average molecular weight is 295 g/mol. The molecule has 20 heavy (non-hydrogen) atoms. The summed E-state index contributed by atoms with van der Waals surface area (Å²) in [4.78, 5) is 6.35. The van der Waals surface area contributed by atoms with E-state index in [9.17, 15) is 8.42 Å². The van der Waals surface area contributed by atoms with Gasteiger partial charge in [-0.2, -0.15) is 13.7 Å². The molecular formula is C12H17N5O2S. The van der Waals surface area contributed by atoms with Crippen molar-refractivity contribution < 1.29 is 8.42 Å². The number of hydrogen-bond acceptors (Lipinski definition) is 5. The Morgan fingerprint density at radius 3 is 2.95 bits per heavy atom. The lowest BCUT2D eigenvalue weighted by atomic mass is 9.98. The van der Waals surface area contributed by atoms with Gasteiger partial charge in [0, 0.05) is 25.8 Å². The highest BCUT2D eigenvalue weighted by Gasteiger charge is 2.21. The van der Waals surface area contributed by atoms with Gasteiger partial charge in [0.2, 0.25) is 0 Å². The molecule has 0 radical (unpaired) electrons. The summed E-state index contributed by atoms with van der Waals surface area (Å²) in [6.45, 7) is 1.94. The summed E-state index contributed by atoms with van der Waals surface area (Å²) in [5.41, 5.74) is 0.526. The minimum absolute atomic E-state index is 0.208. The molecule has 1 saturated heterocycles. The van der Waals surface area contributed by atoms with Gasteiger partial charge in [0.1, 0.15) is 11.9 Å². The van der Waals surface area contributed by atoms with E-state index in [2.05, 4.69) is 14.6 Å². The fourth-order valence-electron chi connectivity index (χ4n) is 2.31. The van der Waals surface area contributed by atoms with Crippen molar-refractivity contribution in [3.8, 4) is 6.07 Å². The van der Waals surface area contributed by atoms with Crippen LogP contribution in [0, 0.1) is 17.2 Å². The van der Waals surface area contributed by atoms with E-state index in [0.717, 1.165) is 31.7 Å². The summed E-state index contributed by atoms with van der Waals surface area (Å²) in [6, 6.07) is 5.58. The van der Waals surface area contributed by atoms with Crippen LogP contribution in [0.1, 0.15) is 18.4 Å². The second kappa shape index (κ2) is 6.17. The number of nitrogens with one attached hydrogen (secondary N) is 1. The first-order chi connectivity index (χ1) is 9.48. The predicted octanol–water partition coefficient (Wildman–Crippen LogP) is -0.0372. The lowest BCUT2D eigenvalue weighted by Crippen LogP contribution is -2.42. The van der Waals surface area contributed by atoms with E-state index < -0.39 is 10.2 Å². The molecule has 8 heteroatoms. The quantitative estimate of drug-likeness (QED) is 0.809. The van der Waals surface area contributed by atoms with Crippen molar-refractivity contribution >= 4 is 16.0 Å². The second-order valence-electron chi connectivity index (χ2n) is 4.86. The Labute approximate surface area is 118 Å². The van der Waals surface area contributed by atoms with Gasteiger partial charge in [-0.25, -0.2) is 14.8 Å². The zero-order valence-electron chi connectivity index (χ0n) is 11.0. The van der Waals surface area contributed by atoms with Crippen LogP contribution in [-0.4, -0.2) is 33.0 Å². The number of pyridine rings is 1. The van der Waals surface area contributed by atoms with Crippen molar-refractivity contribution in [3.05, 3.63) is 23.9 Å². The molecule has 1 aromatic heterocycles. The minimum Gasteiger partial charge on any atom is -0.356 e. The molecule has 0 aliphatic carbocycles. The van der Waals surface area contributed by atoms with Crippen LogP contribution >= 0.6 is 0 Å². The third kappa shape index (κ3) is 4.16. The van der Waals surface area contributed by atoms with Gasteiger partial charge in [-0.05, 0) is 30.9 Å². The van der Waals surface area contributed by atoms with E-state index in [1.165, 1.54) is 0 Å². The van der Waals surface area contributed by atoms with Crippen LogP contribution in [0.5, 0.6) is 0 Å². The topological polar surface area (TPSA) is 112 Å². The molecule has 0 aromatic carbocycles. The molecule has 0 saturated carbocycles. The third-order valence-electron chi connectivity index (χ3n) is 3.29. The molecule has 1 aliphatic heterocycles. The minimum atomic E-state index is -3.63. The average Bonchev–Trinajstić information content (AvgIpc) is 2.45. The number of nitrogens with two attached hydrogens (primary N) is 1.